The first kappa shape index (κ1) is 16.8. The Labute approximate surface area is 132 Å². The number of nitrogens with zero attached hydrogens (tertiary/aromatic N) is 1. The summed E-state index contributed by atoms with van der Waals surface area (Å²) in [5.74, 6) is 0.725. The van der Waals surface area contributed by atoms with Gasteiger partial charge in [-0.1, -0.05) is 6.07 Å². The topological polar surface area (TPSA) is 48.0 Å². The summed E-state index contributed by atoms with van der Waals surface area (Å²) in [6.07, 6.45) is -0.106. The van der Waals surface area contributed by atoms with Gasteiger partial charge in [0.15, 0.2) is 0 Å². The van der Waals surface area contributed by atoms with Gasteiger partial charge in [-0.2, -0.15) is 0 Å². The summed E-state index contributed by atoms with van der Waals surface area (Å²) in [5.41, 5.74) is 1.27. The van der Waals surface area contributed by atoms with E-state index in [0.29, 0.717) is 25.3 Å². The standard InChI is InChI=1S/C17H25NO4/c1-12-6-7-13(8-15(12)21-5)16(19)18-9-14(10-20-4)22-17(2,3)11-18/h6-8,14H,9-11H2,1-5H3. The number of aryl methyl sites for hydroxylation is 1. The zero-order chi connectivity index (χ0) is 16.3. The molecule has 0 saturated carbocycles. The highest BCUT2D eigenvalue weighted by Crippen LogP contribution is 2.25. The Morgan fingerprint density at radius 3 is 2.77 bits per heavy atom. The molecule has 5 heteroatoms. The van der Waals surface area contributed by atoms with E-state index >= 15 is 0 Å². The second kappa shape index (κ2) is 6.67. The first-order chi connectivity index (χ1) is 10.4. The summed E-state index contributed by atoms with van der Waals surface area (Å²) in [6, 6.07) is 5.55. The monoisotopic (exact) mass is 307 g/mol. The Morgan fingerprint density at radius 2 is 2.14 bits per heavy atom. The van der Waals surface area contributed by atoms with Crippen molar-refractivity contribution in [2.24, 2.45) is 0 Å². The molecule has 1 unspecified atom stereocenters. The number of rotatable bonds is 4. The maximum absolute atomic E-state index is 12.8. The van der Waals surface area contributed by atoms with Crippen LogP contribution >= 0.6 is 0 Å². The van der Waals surface area contributed by atoms with E-state index in [4.69, 9.17) is 14.2 Å². The second-order valence-corrected chi connectivity index (χ2v) is 6.32. The number of ether oxygens (including phenoxy) is 3. The molecule has 5 nitrogen and oxygen atoms in total. The Balaban J connectivity index is 2.20. The fourth-order valence-electron chi connectivity index (χ4n) is 2.86. The Bertz CT molecular complexity index is 541. The molecule has 1 aromatic carbocycles. The lowest BCUT2D eigenvalue weighted by atomic mass is 10.0. The summed E-state index contributed by atoms with van der Waals surface area (Å²) in [4.78, 5) is 14.6. The van der Waals surface area contributed by atoms with Crippen LogP contribution in [0.3, 0.4) is 0 Å². The van der Waals surface area contributed by atoms with Gasteiger partial charge < -0.3 is 19.1 Å². The average Bonchev–Trinajstić information content (AvgIpc) is 2.45. The fraction of sp³-hybridized carbons (Fsp3) is 0.588. The first-order valence-electron chi connectivity index (χ1n) is 7.47. The van der Waals surface area contributed by atoms with Gasteiger partial charge in [0.05, 0.1) is 25.4 Å². The van der Waals surface area contributed by atoms with E-state index in [1.807, 2.05) is 37.8 Å². The van der Waals surface area contributed by atoms with E-state index in [0.717, 1.165) is 11.3 Å². The van der Waals surface area contributed by atoms with Gasteiger partial charge in [-0.15, -0.1) is 0 Å². The molecule has 0 aromatic heterocycles. The average molecular weight is 307 g/mol. The largest absolute Gasteiger partial charge is 0.496 e. The third-order valence-electron chi connectivity index (χ3n) is 3.78. The molecule has 1 fully saturated rings. The van der Waals surface area contributed by atoms with Gasteiger partial charge in [0, 0.05) is 25.8 Å². The smallest absolute Gasteiger partial charge is 0.254 e. The van der Waals surface area contributed by atoms with Crippen molar-refractivity contribution in [2.45, 2.75) is 32.5 Å². The van der Waals surface area contributed by atoms with Gasteiger partial charge in [-0.3, -0.25) is 4.79 Å². The number of hydrogen-bond donors (Lipinski definition) is 0. The van der Waals surface area contributed by atoms with Crippen LogP contribution in [0.4, 0.5) is 0 Å². The third kappa shape index (κ3) is 3.78. The van der Waals surface area contributed by atoms with Crippen LogP contribution in [0.5, 0.6) is 5.75 Å². The van der Waals surface area contributed by atoms with Gasteiger partial charge in [0.1, 0.15) is 5.75 Å². The quantitative estimate of drug-likeness (QED) is 0.856. The molecule has 1 aliphatic rings. The van der Waals surface area contributed by atoms with Crippen LogP contribution in [-0.4, -0.2) is 56.4 Å². The highest BCUT2D eigenvalue weighted by molar-refractivity contribution is 5.95. The molecule has 0 bridgehead atoms. The number of methoxy groups -OCH3 is 2. The van der Waals surface area contributed by atoms with Crippen LogP contribution in [0.1, 0.15) is 29.8 Å². The summed E-state index contributed by atoms with van der Waals surface area (Å²) in [6.45, 7) is 7.51. The molecule has 22 heavy (non-hydrogen) atoms. The van der Waals surface area contributed by atoms with Crippen LogP contribution in [0.15, 0.2) is 18.2 Å². The van der Waals surface area contributed by atoms with Crippen LogP contribution in [0.25, 0.3) is 0 Å². The molecule has 0 radical (unpaired) electrons. The Hall–Kier alpha value is -1.59. The number of carbonyl (C=O) groups is 1. The van der Waals surface area contributed by atoms with Crippen molar-refractivity contribution in [2.75, 3.05) is 33.9 Å². The maximum Gasteiger partial charge on any atom is 0.254 e. The van der Waals surface area contributed by atoms with E-state index in [1.54, 1.807) is 20.3 Å². The molecule has 0 N–H and O–H groups in total. The summed E-state index contributed by atoms with van der Waals surface area (Å²) >= 11 is 0. The van der Waals surface area contributed by atoms with Crippen LogP contribution in [-0.2, 0) is 9.47 Å². The molecule has 1 saturated heterocycles. The molecular formula is C17H25NO4. The van der Waals surface area contributed by atoms with Crippen molar-refractivity contribution in [3.05, 3.63) is 29.3 Å². The minimum absolute atomic E-state index is 0.00391. The molecule has 1 heterocycles. The normalized spacial score (nSPS) is 20.8. The van der Waals surface area contributed by atoms with Gasteiger partial charge in [-0.05, 0) is 38.5 Å². The number of carbonyl (C=O) groups excluding carboxylic acids is 1. The Morgan fingerprint density at radius 1 is 1.41 bits per heavy atom. The molecule has 1 amide bonds. The van der Waals surface area contributed by atoms with Crippen molar-refractivity contribution >= 4 is 5.91 Å². The zero-order valence-electron chi connectivity index (χ0n) is 14.0. The van der Waals surface area contributed by atoms with Crippen molar-refractivity contribution in [1.82, 2.24) is 4.90 Å². The Kier molecular flexibility index (Phi) is 5.08. The molecule has 122 valence electrons. The summed E-state index contributed by atoms with van der Waals surface area (Å²) in [5, 5.41) is 0. The predicted octanol–water partition coefficient (Wildman–Crippen LogP) is 2.27. The molecule has 2 rings (SSSR count). The molecule has 1 aromatic rings. The minimum atomic E-state index is -0.383. The zero-order valence-corrected chi connectivity index (χ0v) is 14.0. The van der Waals surface area contributed by atoms with Crippen molar-refractivity contribution in [1.29, 1.82) is 0 Å². The number of benzene rings is 1. The minimum Gasteiger partial charge on any atom is -0.496 e. The highest BCUT2D eigenvalue weighted by atomic mass is 16.5. The molecular weight excluding hydrogens is 282 g/mol. The fourth-order valence-corrected chi connectivity index (χ4v) is 2.86. The van der Waals surface area contributed by atoms with Gasteiger partial charge in [-0.25, -0.2) is 0 Å². The van der Waals surface area contributed by atoms with E-state index in [2.05, 4.69) is 0 Å². The lowest BCUT2D eigenvalue weighted by Crippen LogP contribution is -2.55. The molecule has 1 aliphatic heterocycles. The number of morpholine rings is 1. The number of hydrogen-bond acceptors (Lipinski definition) is 4. The summed E-state index contributed by atoms with van der Waals surface area (Å²) in [7, 11) is 3.25. The van der Waals surface area contributed by atoms with Gasteiger partial charge in [0.2, 0.25) is 0 Å². The third-order valence-corrected chi connectivity index (χ3v) is 3.78. The molecule has 0 spiro atoms. The maximum atomic E-state index is 12.8. The molecule has 0 aliphatic carbocycles. The highest BCUT2D eigenvalue weighted by Gasteiger charge is 2.36. The van der Waals surface area contributed by atoms with Gasteiger partial charge >= 0.3 is 0 Å². The summed E-state index contributed by atoms with van der Waals surface area (Å²) < 4.78 is 16.4. The van der Waals surface area contributed by atoms with E-state index in [9.17, 15) is 4.79 Å². The van der Waals surface area contributed by atoms with Gasteiger partial charge in [0.25, 0.3) is 5.91 Å². The number of amides is 1. The SMILES string of the molecule is COCC1CN(C(=O)c2ccc(C)c(OC)c2)CC(C)(C)O1. The first-order valence-corrected chi connectivity index (χ1v) is 7.47. The van der Waals surface area contributed by atoms with Crippen LogP contribution in [0, 0.1) is 6.92 Å². The van der Waals surface area contributed by atoms with E-state index in [1.165, 1.54) is 0 Å². The lowest BCUT2D eigenvalue weighted by Gasteiger charge is -2.42. The second-order valence-electron chi connectivity index (χ2n) is 6.32. The molecule has 1 atom stereocenters. The van der Waals surface area contributed by atoms with E-state index in [-0.39, 0.29) is 17.6 Å². The lowest BCUT2D eigenvalue weighted by molar-refractivity contribution is -0.143. The van der Waals surface area contributed by atoms with E-state index < -0.39 is 0 Å². The van der Waals surface area contributed by atoms with Crippen molar-refractivity contribution < 1.29 is 19.0 Å². The van der Waals surface area contributed by atoms with Crippen LogP contribution < -0.4 is 4.74 Å². The van der Waals surface area contributed by atoms with Crippen molar-refractivity contribution in [3.8, 4) is 5.75 Å². The van der Waals surface area contributed by atoms with Crippen molar-refractivity contribution in [3.63, 3.8) is 0 Å². The predicted molar refractivity (Wildman–Crippen MR) is 84.5 cm³/mol. The van der Waals surface area contributed by atoms with Crippen LogP contribution in [0.2, 0.25) is 0 Å².